The summed E-state index contributed by atoms with van der Waals surface area (Å²) in [6, 6.07) is 6.07. The molecule has 0 unspecified atom stereocenters. The van der Waals surface area contributed by atoms with Crippen LogP contribution in [0.2, 0.25) is 0 Å². The molecule has 1 heterocycles. The highest BCUT2D eigenvalue weighted by molar-refractivity contribution is 14.1. The molecule has 0 radical (unpaired) electrons. The minimum absolute atomic E-state index is 0.518. The largest absolute Gasteiger partial charge is 0.493 e. The van der Waals surface area contributed by atoms with E-state index in [2.05, 4.69) is 38.9 Å². The first-order valence-corrected chi connectivity index (χ1v) is 6.44. The van der Waals surface area contributed by atoms with Gasteiger partial charge in [0.15, 0.2) is 5.82 Å². The Morgan fingerprint density at radius 3 is 2.82 bits per heavy atom. The van der Waals surface area contributed by atoms with Crippen molar-refractivity contribution in [3.05, 3.63) is 27.3 Å². The molecule has 0 atom stereocenters. The number of nitrogens with zero attached hydrogens (tertiary/aromatic N) is 1. The van der Waals surface area contributed by atoms with Crippen LogP contribution >= 0.6 is 22.6 Å². The molecule has 2 rings (SSSR count). The summed E-state index contributed by atoms with van der Waals surface area (Å²) in [5.41, 5.74) is 8.84. The normalized spacial score (nSPS) is 10.5. The van der Waals surface area contributed by atoms with Gasteiger partial charge in [-0.25, -0.2) is 0 Å². The fraction of sp³-hybridized carbons (Fsp3) is 0.250. The third kappa shape index (κ3) is 2.38. The van der Waals surface area contributed by atoms with Crippen LogP contribution in [-0.2, 0) is 0 Å². The highest BCUT2D eigenvalue weighted by Gasteiger charge is 2.14. The maximum Gasteiger partial charge on any atom is 0.159 e. The Morgan fingerprint density at radius 1 is 1.47 bits per heavy atom. The molecule has 0 saturated carbocycles. The first kappa shape index (κ1) is 12.2. The number of nitrogens with one attached hydrogen (secondary N) is 1. The molecule has 0 aliphatic rings. The van der Waals surface area contributed by atoms with E-state index in [1.54, 1.807) is 0 Å². The van der Waals surface area contributed by atoms with E-state index in [0.29, 0.717) is 12.4 Å². The van der Waals surface area contributed by atoms with E-state index in [9.17, 15) is 0 Å². The highest BCUT2D eigenvalue weighted by Crippen LogP contribution is 2.34. The maximum absolute atomic E-state index is 5.75. The van der Waals surface area contributed by atoms with Crippen LogP contribution in [0.5, 0.6) is 5.75 Å². The molecule has 4 nitrogen and oxygen atoms in total. The predicted octanol–water partition coefficient (Wildman–Crippen LogP) is 2.97. The number of rotatable bonds is 3. The van der Waals surface area contributed by atoms with Crippen molar-refractivity contribution in [1.29, 1.82) is 0 Å². The molecule has 90 valence electrons. The van der Waals surface area contributed by atoms with Crippen molar-refractivity contribution in [3.8, 4) is 17.0 Å². The van der Waals surface area contributed by atoms with Gasteiger partial charge in [-0.3, -0.25) is 5.10 Å². The Bertz CT molecular complexity index is 537. The van der Waals surface area contributed by atoms with Crippen molar-refractivity contribution in [2.45, 2.75) is 13.8 Å². The number of ether oxygens (including phenoxy) is 1. The second-order valence-corrected chi connectivity index (χ2v) is 4.81. The molecule has 0 fully saturated rings. The Labute approximate surface area is 114 Å². The van der Waals surface area contributed by atoms with E-state index in [1.807, 2.05) is 26.0 Å². The molecule has 0 aliphatic carbocycles. The van der Waals surface area contributed by atoms with Gasteiger partial charge in [-0.2, -0.15) is 5.10 Å². The standard InChI is InChI=1S/C12H14IN3O/c1-3-17-9-5-4-7(2)6-8(9)11-10(13)12(14)16-15-11/h4-6H,3H2,1-2H3,(H3,14,15,16). The molecular formula is C12H14IN3O. The number of nitrogen functional groups attached to an aromatic ring is 1. The van der Waals surface area contributed by atoms with Crippen LogP contribution in [-0.4, -0.2) is 16.8 Å². The topological polar surface area (TPSA) is 63.9 Å². The zero-order valence-electron chi connectivity index (χ0n) is 9.75. The lowest BCUT2D eigenvalue weighted by Gasteiger charge is -2.10. The van der Waals surface area contributed by atoms with Crippen molar-refractivity contribution in [1.82, 2.24) is 10.2 Å². The first-order valence-electron chi connectivity index (χ1n) is 5.36. The summed E-state index contributed by atoms with van der Waals surface area (Å²) >= 11 is 2.19. The van der Waals surface area contributed by atoms with Gasteiger partial charge in [0.2, 0.25) is 0 Å². The predicted molar refractivity (Wildman–Crippen MR) is 77.1 cm³/mol. The second kappa shape index (κ2) is 4.95. The molecule has 3 N–H and O–H groups in total. The van der Waals surface area contributed by atoms with Crippen LogP contribution in [0.1, 0.15) is 12.5 Å². The van der Waals surface area contributed by atoms with Crippen molar-refractivity contribution < 1.29 is 4.74 Å². The van der Waals surface area contributed by atoms with Gasteiger partial charge in [0, 0.05) is 5.56 Å². The van der Waals surface area contributed by atoms with Crippen molar-refractivity contribution in [3.63, 3.8) is 0 Å². The Morgan fingerprint density at radius 2 is 2.24 bits per heavy atom. The van der Waals surface area contributed by atoms with E-state index < -0.39 is 0 Å². The summed E-state index contributed by atoms with van der Waals surface area (Å²) in [5.74, 6) is 1.37. The Balaban J connectivity index is 2.56. The average molecular weight is 343 g/mol. The van der Waals surface area contributed by atoms with Gasteiger partial charge in [0.05, 0.1) is 15.9 Å². The van der Waals surface area contributed by atoms with Gasteiger partial charge >= 0.3 is 0 Å². The molecule has 1 aromatic carbocycles. The minimum Gasteiger partial charge on any atom is -0.493 e. The SMILES string of the molecule is CCOc1ccc(C)cc1-c1[nH]nc(N)c1I. The number of hydrogen-bond donors (Lipinski definition) is 2. The van der Waals surface area contributed by atoms with E-state index in [0.717, 1.165) is 20.6 Å². The fourth-order valence-electron chi connectivity index (χ4n) is 1.64. The molecule has 0 bridgehead atoms. The molecule has 0 saturated heterocycles. The van der Waals surface area contributed by atoms with Gasteiger partial charge in [-0.05, 0) is 48.6 Å². The Hall–Kier alpha value is -1.24. The van der Waals surface area contributed by atoms with E-state index in [1.165, 1.54) is 5.56 Å². The number of nitrogens with two attached hydrogens (primary N) is 1. The van der Waals surface area contributed by atoms with Gasteiger partial charge in [-0.1, -0.05) is 11.6 Å². The lowest BCUT2D eigenvalue weighted by Crippen LogP contribution is -1.95. The minimum atomic E-state index is 0.518. The fourth-order valence-corrected chi connectivity index (χ4v) is 2.17. The summed E-state index contributed by atoms with van der Waals surface area (Å²) in [6.07, 6.45) is 0. The number of aryl methyl sites for hydroxylation is 1. The number of halogens is 1. The van der Waals surface area contributed by atoms with Gasteiger partial charge < -0.3 is 10.5 Å². The van der Waals surface area contributed by atoms with Crippen LogP contribution in [0.3, 0.4) is 0 Å². The smallest absolute Gasteiger partial charge is 0.159 e. The first-order chi connectivity index (χ1) is 8.13. The van der Waals surface area contributed by atoms with E-state index in [4.69, 9.17) is 10.5 Å². The number of aromatic amines is 1. The second-order valence-electron chi connectivity index (χ2n) is 3.73. The van der Waals surface area contributed by atoms with Crippen LogP contribution < -0.4 is 10.5 Å². The summed E-state index contributed by atoms with van der Waals surface area (Å²) in [5, 5.41) is 6.97. The molecule has 0 amide bonds. The van der Waals surface area contributed by atoms with E-state index >= 15 is 0 Å². The summed E-state index contributed by atoms with van der Waals surface area (Å²) < 4.78 is 6.54. The zero-order chi connectivity index (χ0) is 12.4. The highest BCUT2D eigenvalue weighted by atomic mass is 127. The number of anilines is 1. The van der Waals surface area contributed by atoms with Gasteiger partial charge in [-0.15, -0.1) is 0 Å². The van der Waals surface area contributed by atoms with Crippen LogP contribution in [0.15, 0.2) is 18.2 Å². The Kier molecular flexibility index (Phi) is 3.56. The van der Waals surface area contributed by atoms with Crippen molar-refractivity contribution in [2.24, 2.45) is 0 Å². The van der Waals surface area contributed by atoms with Gasteiger partial charge in [0.1, 0.15) is 5.75 Å². The quantitative estimate of drug-likeness (QED) is 0.843. The molecular weight excluding hydrogens is 329 g/mol. The number of aromatic nitrogens is 2. The van der Waals surface area contributed by atoms with E-state index in [-0.39, 0.29) is 0 Å². The molecule has 17 heavy (non-hydrogen) atoms. The third-order valence-electron chi connectivity index (χ3n) is 2.44. The summed E-state index contributed by atoms with van der Waals surface area (Å²) in [6.45, 7) is 4.65. The lowest BCUT2D eigenvalue weighted by molar-refractivity contribution is 0.341. The van der Waals surface area contributed by atoms with Gasteiger partial charge in [0.25, 0.3) is 0 Å². The monoisotopic (exact) mass is 343 g/mol. The molecule has 0 spiro atoms. The van der Waals surface area contributed by atoms with Crippen LogP contribution in [0.25, 0.3) is 11.3 Å². The number of benzene rings is 1. The lowest BCUT2D eigenvalue weighted by atomic mass is 10.1. The molecule has 1 aromatic heterocycles. The number of H-pyrrole nitrogens is 1. The summed E-state index contributed by atoms with van der Waals surface area (Å²) in [7, 11) is 0. The maximum atomic E-state index is 5.75. The molecule has 5 heteroatoms. The van der Waals surface area contributed by atoms with Crippen LogP contribution in [0.4, 0.5) is 5.82 Å². The average Bonchev–Trinajstić information content (AvgIpc) is 2.63. The van der Waals surface area contributed by atoms with Crippen LogP contribution in [0, 0.1) is 10.5 Å². The third-order valence-corrected chi connectivity index (χ3v) is 3.53. The number of hydrogen-bond acceptors (Lipinski definition) is 3. The molecule has 0 aliphatic heterocycles. The van der Waals surface area contributed by atoms with Crippen molar-refractivity contribution in [2.75, 3.05) is 12.3 Å². The van der Waals surface area contributed by atoms with Crippen molar-refractivity contribution >= 4 is 28.4 Å². The summed E-state index contributed by atoms with van der Waals surface area (Å²) in [4.78, 5) is 0. The zero-order valence-corrected chi connectivity index (χ0v) is 11.9. The molecule has 2 aromatic rings.